The number of rotatable bonds is 9. The Bertz CT molecular complexity index is 1400. The molecule has 0 saturated carbocycles. The van der Waals surface area contributed by atoms with Crippen molar-refractivity contribution in [3.63, 3.8) is 0 Å². The number of hydrogen-bond donors (Lipinski definition) is 2. The van der Waals surface area contributed by atoms with E-state index >= 15 is 0 Å². The molecule has 0 fully saturated rings. The summed E-state index contributed by atoms with van der Waals surface area (Å²) in [4.78, 5) is 25.1. The second kappa shape index (κ2) is 11.2. The second-order valence-electron chi connectivity index (χ2n) is 7.89. The quantitative estimate of drug-likeness (QED) is 0.232. The fraction of sp³-hybridized carbons (Fsp3) is 0.154. The third kappa shape index (κ3) is 6.29. The van der Waals surface area contributed by atoms with Gasteiger partial charge in [-0.25, -0.2) is 0 Å². The Hall–Kier alpha value is -3.62. The first-order chi connectivity index (χ1) is 16.9. The van der Waals surface area contributed by atoms with Gasteiger partial charge in [-0.3, -0.25) is 9.59 Å². The first-order valence-corrected chi connectivity index (χ1v) is 12.3. The number of carbonyl (C=O) groups excluding carboxylic acids is 2. The van der Waals surface area contributed by atoms with E-state index in [2.05, 4.69) is 27.4 Å². The van der Waals surface area contributed by atoms with Gasteiger partial charge in [0.15, 0.2) is 5.16 Å². The van der Waals surface area contributed by atoms with Crippen molar-refractivity contribution in [2.45, 2.75) is 25.0 Å². The standard InChI is InChI=1S/C26H24ClN5O2S/c1-3-12-32-23(15-24(33)28-21-10-8-17(2)22(27)14-21)30-31-26(32)35-16-25(34)29-20-11-9-18-6-4-5-7-19(18)13-20/h3-11,13-14H,1,12,15-16H2,2H3,(H,28,33)(H,29,34). The Morgan fingerprint density at radius 2 is 1.71 bits per heavy atom. The summed E-state index contributed by atoms with van der Waals surface area (Å²) >= 11 is 7.39. The van der Waals surface area contributed by atoms with Gasteiger partial charge in [-0.2, -0.15) is 0 Å². The van der Waals surface area contributed by atoms with Gasteiger partial charge >= 0.3 is 0 Å². The predicted octanol–water partition coefficient (Wildman–Crippen LogP) is 5.49. The van der Waals surface area contributed by atoms with Crippen LogP contribution in [-0.4, -0.2) is 32.3 Å². The molecule has 0 atom stereocenters. The van der Waals surface area contributed by atoms with Gasteiger partial charge < -0.3 is 15.2 Å². The van der Waals surface area contributed by atoms with Crippen molar-refractivity contribution in [1.29, 1.82) is 0 Å². The van der Waals surface area contributed by atoms with Gasteiger partial charge in [0, 0.05) is 22.9 Å². The van der Waals surface area contributed by atoms with E-state index in [1.165, 1.54) is 11.8 Å². The molecule has 0 saturated heterocycles. The Morgan fingerprint density at radius 1 is 1.00 bits per heavy atom. The van der Waals surface area contributed by atoms with E-state index in [4.69, 9.17) is 11.6 Å². The average molecular weight is 506 g/mol. The first kappa shape index (κ1) is 24.5. The molecule has 7 nitrogen and oxygen atoms in total. The molecule has 1 aromatic heterocycles. The molecule has 0 bridgehead atoms. The van der Waals surface area contributed by atoms with Gasteiger partial charge in [-0.05, 0) is 47.5 Å². The molecular weight excluding hydrogens is 482 g/mol. The van der Waals surface area contributed by atoms with E-state index in [1.807, 2.05) is 55.5 Å². The summed E-state index contributed by atoms with van der Waals surface area (Å²) in [5.74, 6) is 0.233. The Kier molecular flexibility index (Phi) is 7.84. The number of aryl methyl sites for hydroxylation is 1. The molecule has 0 spiro atoms. The highest BCUT2D eigenvalue weighted by Crippen LogP contribution is 2.22. The van der Waals surface area contributed by atoms with Crippen LogP contribution in [0.25, 0.3) is 10.8 Å². The van der Waals surface area contributed by atoms with Crippen molar-refractivity contribution in [1.82, 2.24) is 14.8 Å². The number of aromatic nitrogens is 3. The number of anilines is 2. The van der Waals surface area contributed by atoms with Crippen molar-refractivity contribution >= 4 is 57.3 Å². The molecule has 1 heterocycles. The number of amides is 2. The van der Waals surface area contributed by atoms with Gasteiger partial charge in [-0.15, -0.1) is 16.8 Å². The molecule has 4 aromatic rings. The topological polar surface area (TPSA) is 88.9 Å². The largest absolute Gasteiger partial charge is 0.326 e. The lowest BCUT2D eigenvalue weighted by Crippen LogP contribution is -2.18. The number of hydrogen-bond acceptors (Lipinski definition) is 5. The van der Waals surface area contributed by atoms with Crippen LogP contribution in [-0.2, 0) is 22.6 Å². The van der Waals surface area contributed by atoms with Gasteiger partial charge in [0.1, 0.15) is 5.82 Å². The first-order valence-electron chi connectivity index (χ1n) is 10.9. The number of nitrogens with one attached hydrogen (secondary N) is 2. The fourth-order valence-electron chi connectivity index (χ4n) is 3.48. The maximum Gasteiger partial charge on any atom is 0.234 e. The number of allylic oxidation sites excluding steroid dienone is 1. The molecule has 178 valence electrons. The number of carbonyl (C=O) groups is 2. The predicted molar refractivity (Wildman–Crippen MR) is 142 cm³/mol. The van der Waals surface area contributed by atoms with Crippen molar-refractivity contribution in [3.8, 4) is 0 Å². The molecule has 9 heteroatoms. The number of thioether (sulfide) groups is 1. The molecule has 0 aliphatic heterocycles. The summed E-state index contributed by atoms with van der Waals surface area (Å²) < 4.78 is 1.78. The van der Waals surface area contributed by atoms with E-state index in [-0.39, 0.29) is 24.0 Å². The minimum Gasteiger partial charge on any atom is -0.326 e. The molecule has 3 aromatic carbocycles. The van der Waals surface area contributed by atoms with Gasteiger partial charge in [-0.1, -0.05) is 65.8 Å². The minimum absolute atomic E-state index is 0.0240. The summed E-state index contributed by atoms with van der Waals surface area (Å²) in [5, 5.41) is 17.4. The van der Waals surface area contributed by atoms with Crippen LogP contribution in [0.1, 0.15) is 11.4 Å². The van der Waals surface area contributed by atoms with Crippen LogP contribution in [0.15, 0.2) is 78.5 Å². The highest BCUT2D eigenvalue weighted by molar-refractivity contribution is 7.99. The highest BCUT2D eigenvalue weighted by atomic mass is 35.5. The number of benzene rings is 3. The van der Waals surface area contributed by atoms with E-state index in [1.54, 1.807) is 22.8 Å². The average Bonchev–Trinajstić information content (AvgIpc) is 3.21. The Morgan fingerprint density at radius 3 is 2.49 bits per heavy atom. The zero-order chi connectivity index (χ0) is 24.8. The Labute approximate surface area is 212 Å². The van der Waals surface area contributed by atoms with Crippen molar-refractivity contribution in [2.75, 3.05) is 16.4 Å². The van der Waals surface area contributed by atoms with Crippen LogP contribution in [0.2, 0.25) is 5.02 Å². The molecule has 0 aliphatic carbocycles. The third-order valence-electron chi connectivity index (χ3n) is 5.24. The van der Waals surface area contributed by atoms with Crippen molar-refractivity contribution in [2.24, 2.45) is 0 Å². The van der Waals surface area contributed by atoms with Crippen LogP contribution in [0.5, 0.6) is 0 Å². The van der Waals surface area contributed by atoms with Gasteiger partial charge in [0.2, 0.25) is 11.8 Å². The summed E-state index contributed by atoms with van der Waals surface area (Å²) in [7, 11) is 0. The molecule has 4 rings (SSSR count). The zero-order valence-electron chi connectivity index (χ0n) is 19.1. The molecular formula is C26H24ClN5O2S. The van der Waals surface area contributed by atoms with Crippen LogP contribution in [0.4, 0.5) is 11.4 Å². The molecule has 0 unspecified atom stereocenters. The lowest BCUT2D eigenvalue weighted by Gasteiger charge is -2.09. The number of fused-ring (bicyclic) bond motifs is 1. The minimum atomic E-state index is -0.242. The second-order valence-corrected chi connectivity index (χ2v) is 9.24. The molecule has 2 N–H and O–H groups in total. The number of nitrogens with zero attached hydrogens (tertiary/aromatic N) is 3. The number of halogens is 1. The van der Waals surface area contributed by atoms with Gasteiger partial charge in [0.25, 0.3) is 0 Å². The highest BCUT2D eigenvalue weighted by Gasteiger charge is 2.17. The molecule has 0 aliphatic rings. The van der Waals surface area contributed by atoms with Crippen molar-refractivity contribution < 1.29 is 9.59 Å². The fourth-order valence-corrected chi connectivity index (χ4v) is 4.43. The van der Waals surface area contributed by atoms with E-state index in [9.17, 15) is 9.59 Å². The van der Waals surface area contributed by atoms with E-state index in [0.717, 1.165) is 22.0 Å². The monoisotopic (exact) mass is 505 g/mol. The van der Waals surface area contributed by atoms with E-state index < -0.39 is 0 Å². The summed E-state index contributed by atoms with van der Waals surface area (Å²) in [5.41, 5.74) is 2.28. The normalized spacial score (nSPS) is 10.8. The SMILES string of the molecule is C=CCn1c(CC(=O)Nc2ccc(C)c(Cl)c2)nnc1SCC(=O)Nc1ccc2ccccc2c1. The van der Waals surface area contributed by atoms with Crippen LogP contribution in [0.3, 0.4) is 0 Å². The van der Waals surface area contributed by atoms with E-state index in [0.29, 0.717) is 28.2 Å². The Balaban J connectivity index is 1.38. The summed E-state index contributed by atoms with van der Waals surface area (Å²) in [6, 6.07) is 19.1. The van der Waals surface area contributed by atoms with Crippen LogP contribution >= 0.6 is 23.4 Å². The zero-order valence-corrected chi connectivity index (χ0v) is 20.7. The smallest absolute Gasteiger partial charge is 0.234 e. The lowest BCUT2D eigenvalue weighted by atomic mass is 10.1. The maximum atomic E-state index is 12.6. The van der Waals surface area contributed by atoms with Crippen LogP contribution < -0.4 is 10.6 Å². The summed E-state index contributed by atoms with van der Waals surface area (Å²) in [6.45, 7) is 6.09. The van der Waals surface area contributed by atoms with Gasteiger partial charge in [0.05, 0.1) is 12.2 Å². The molecule has 35 heavy (non-hydrogen) atoms. The molecule has 2 amide bonds. The van der Waals surface area contributed by atoms with Crippen LogP contribution in [0, 0.1) is 6.92 Å². The molecule has 0 radical (unpaired) electrons. The summed E-state index contributed by atoms with van der Waals surface area (Å²) in [6.07, 6.45) is 1.72. The maximum absolute atomic E-state index is 12.6. The van der Waals surface area contributed by atoms with Crippen molar-refractivity contribution in [3.05, 3.63) is 89.7 Å². The third-order valence-corrected chi connectivity index (χ3v) is 6.62. The lowest BCUT2D eigenvalue weighted by molar-refractivity contribution is -0.116.